The molecule has 0 spiro atoms. The molecule has 0 radical (unpaired) electrons. The maximum absolute atomic E-state index is 10.6. The van der Waals surface area contributed by atoms with E-state index in [0.717, 1.165) is 0 Å². The zero-order chi connectivity index (χ0) is 11.8. The Morgan fingerprint density at radius 2 is 1.93 bits per heavy atom. The van der Waals surface area contributed by atoms with Gasteiger partial charge >= 0.3 is 5.69 Å². The average Bonchev–Trinajstić information content (AvgIpc) is 1.99. The first-order valence-electron chi connectivity index (χ1n) is 4.21. The molecule has 0 bridgehead atoms. The van der Waals surface area contributed by atoms with E-state index in [0.29, 0.717) is 5.82 Å². The van der Waals surface area contributed by atoms with Crippen molar-refractivity contribution < 1.29 is 4.92 Å². The Balaban J connectivity index is 3.39. The summed E-state index contributed by atoms with van der Waals surface area (Å²) in [7, 11) is 0. The quantitative estimate of drug-likeness (QED) is 0.452. The minimum absolute atomic E-state index is 0.204. The summed E-state index contributed by atoms with van der Waals surface area (Å²) < 4.78 is 0. The second kappa shape index (κ2) is 3.62. The van der Waals surface area contributed by atoms with E-state index < -0.39 is 10.6 Å². The van der Waals surface area contributed by atoms with Crippen LogP contribution in [0, 0.1) is 10.1 Å². The summed E-state index contributed by atoms with van der Waals surface area (Å²) in [5, 5.41) is 10.3. The van der Waals surface area contributed by atoms with Gasteiger partial charge in [0.1, 0.15) is 5.82 Å². The lowest BCUT2D eigenvalue weighted by Crippen LogP contribution is -2.18. The van der Waals surface area contributed by atoms with E-state index in [1.165, 1.54) is 0 Å². The van der Waals surface area contributed by atoms with E-state index in [4.69, 9.17) is 17.3 Å². The first kappa shape index (κ1) is 11.6. The van der Waals surface area contributed by atoms with Crippen LogP contribution in [0.2, 0.25) is 5.15 Å². The predicted octanol–water partition coefficient (Wildman–Crippen LogP) is 1.92. The zero-order valence-electron chi connectivity index (χ0n) is 8.61. The molecule has 0 unspecified atom stereocenters. The summed E-state index contributed by atoms with van der Waals surface area (Å²) in [5.41, 5.74) is 4.65. The van der Waals surface area contributed by atoms with Crippen molar-refractivity contribution in [3.63, 3.8) is 0 Å². The van der Waals surface area contributed by atoms with Gasteiger partial charge in [-0.1, -0.05) is 32.4 Å². The van der Waals surface area contributed by atoms with Gasteiger partial charge < -0.3 is 5.73 Å². The predicted molar refractivity (Wildman–Crippen MR) is 56.8 cm³/mol. The van der Waals surface area contributed by atoms with Crippen LogP contribution in [-0.4, -0.2) is 14.9 Å². The molecule has 82 valence electrons. The summed E-state index contributed by atoms with van der Waals surface area (Å²) in [6, 6.07) is 0. The van der Waals surface area contributed by atoms with Gasteiger partial charge in [0.15, 0.2) is 0 Å². The topological polar surface area (TPSA) is 94.9 Å². The molecule has 0 aliphatic heterocycles. The molecule has 0 aliphatic carbocycles. The number of aromatic nitrogens is 2. The van der Waals surface area contributed by atoms with Crippen LogP contribution in [0.5, 0.6) is 0 Å². The maximum atomic E-state index is 10.6. The Morgan fingerprint density at radius 1 is 1.40 bits per heavy atom. The number of hydrogen-bond donors (Lipinski definition) is 1. The van der Waals surface area contributed by atoms with Crippen LogP contribution in [0.25, 0.3) is 0 Å². The van der Waals surface area contributed by atoms with Crippen LogP contribution >= 0.6 is 11.6 Å². The third-order valence-corrected chi connectivity index (χ3v) is 1.99. The van der Waals surface area contributed by atoms with E-state index >= 15 is 0 Å². The molecule has 1 aromatic heterocycles. The summed E-state index contributed by atoms with van der Waals surface area (Å²) >= 11 is 5.66. The molecule has 0 saturated heterocycles. The molecule has 1 rings (SSSR count). The molecule has 1 aromatic rings. The van der Waals surface area contributed by atoms with Crippen LogP contribution in [-0.2, 0) is 5.41 Å². The number of nitrogens with two attached hydrogens (primary N) is 1. The smallest absolute Gasteiger partial charge is 0.348 e. The lowest BCUT2D eigenvalue weighted by Gasteiger charge is -2.16. The first-order chi connectivity index (χ1) is 6.73. The Hall–Kier alpha value is -1.43. The van der Waals surface area contributed by atoms with Crippen molar-refractivity contribution in [1.82, 2.24) is 9.97 Å². The molecule has 0 atom stereocenters. The van der Waals surface area contributed by atoms with Crippen molar-refractivity contribution in [2.24, 2.45) is 0 Å². The van der Waals surface area contributed by atoms with E-state index in [9.17, 15) is 10.1 Å². The lowest BCUT2D eigenvalue weighted by molar-refractivity contribution is -0.384. The van der Waals surface area contributed by atoms with Crippen molar-refractivity contribution >= 4 is 23.1 Å². The molecule has 0 amide bonds. The highest BCUT2D eigenvalue weighted by atomic mass is 35.5. The Bertz CT molecular complexity index is 391. The lowest BCUT2D eigenvalue weighted by atomic mass is 9.96. The summed E-state index contributed by atoms with van der Waals surface area (Å²) in [6.07, 6.45) is 0. The second-order valence-corrected chi connectivity index (χ2v) is 4.44. The number of halogens is 1. The molecule has 2 N–H and O–H groups in total. The molecule has 7 heteroatoms. The highest BCUT2D eigenvalue weighted by Gasteiger charge is 2.26. The molecule has 0 fully saturated rings. The molecule has 15 heavy (non-hydrogen) atoms. The maximum Gasteiger partial charge on any atom is 0.348 e. The van der Waals surface area contributed by atoms with Crippen LogP contribution in [0.1, 0.15) is 26.6 Å². The Morgan fingerprint density at radius 3 is 2.27 bits per heavy atom. The van der Waals surface area contributed by atoms with Crippen LogP contribution in [0.3, 0.4) is 0 Å². The van der Waals surface area contributed by atoms with Crippen molar-refractivity contribution in [3.05, 3.63) is 21.1 Å². The van der Waals surface area contributed by atoms with Gasteiger partial charge in [-0.25, -0.2) is 9.97 Å². The first-order valence-corrected chi connectivity index (χ1v) is 4.59. The second-order valence-electron chi connectivity index (χ2n) is 4.08. The number of nitro groups is 1. The fourth-order valence-corrected chi connectivity index (χ4v) is 1.19. The van der Waals surface area contributed by atoms with E-state index in [-0.39, 0.29) is 16.4 Å². The third kappa shape index (κ3) is 2.33. The molecule has 1 heterocycles. The van der Waals surface area contributed by atoms with Gasteiger partial charge in [-0.2, -0.15) is 0 Å². The Kier molecular flexibility index (Phi) is 2.81. The average molecular weight is 231 g/mol. The zero-order valence-corrected chi connectivity index (χ0v) is 9.37. The molecule has 0 aliphatic rings. The van der Waals surface area contributed by atoms with Crippen molar-refractivity contribution in [1.29, 1.82) is 0 Å². The molecular formula is C8H11ClN4O2. The highest BCUT2D eigenvalue weighted by Crippen LogP contribution is 2.30. The molecular weight excluding hydrogens is 220 g/mol. The van der Waals surface area contributed by atoms with Gasteiger partial charge in [0, 0.05) is 5.41 Å². The van der Waals surface area contributed by atoms with Crippen molar-refractivity contribution in [2.45, 2.75) is 26.2 Å². The number of nitrogens with zero attached hydrogens (tertiary/aromatic N) is 3. The fraction of sp³-hybridized carbons (Fsp3) is 0.500. The van der Waals surface area contributed by atoms with Gasteiger partial charge in [-0.3, -0.25) is 10.1 Å². The molecule has 0 saturated carbocycles. The SMILES string of the molecule is CC(C)(C)c1nc(N)c([N+](=O)[O-])c(Cl)n1. The molecule has 6 nitrogen and oxygen atoms in total. The van der Waals surface area contributed by atoms with Gasteiger partial charge in [0.2, 0.25) is 11.0 Å². The summed E-state index contributed by atoms with van der Waals surface area (Å²) in [5.74, 6) is 0.181. The van der Waals surface area contributed by atoms with Gasteiger partial charge in [0.25, 0.3) is 0 Å². The van der Waals surface area contributed by atoms with E-state index in [2.05, 4.69) is 9.97 Å². The van der Waals surface area contributed by atoms with Gasteiger partial charge in [-0.15, -0.1) is 0 Å². The fourth-order valence-electron chi connectivity index (χ4n) is 0.948. The minimum atomic E-state index is -0.690. The largest absolute Gasteiger partial charge is 0.378 e. The number of rotatable bonds is 1. The number of hydrogen-bond acceptors (Lipinski definition) is 5. The standard InChI is InChI=1S/C8H11ClN4O2/c1-8(2,3)7-11-5(9)4(13(14)15)6(10)12-7/h1-3H3,(H2,10,11,12). The van der Waals surface area contributed by atoms with Crippen molar-refractivity contribution in [3.8, 4) is 0 Å². The summed E-state index contributed by atoms with van der Waals surface area (Å²) in [6.45, 7) is 5.60. The van der Waals surface area contributed by atoms with Crippen LogP contribution in [0.4, 0.5) is 11.5 Å². The van der Waals surface area contributed by atoms with Crippen LogP contribution < -0.4 is 5.73 Å². The van der Waals surface area contributed by atoms with E-state index in [1.54, 1.807) is 0 Å². The minimum Gasteiger partial charge on any atom is -0.378 e. The Labute approximate surface area is 91.6 Å². The van der Waals surface area contributed by atoms with E-state index in [1.807, 2.05) is 20.8 Å². The van der Waals surface area contributed by atoms with Gasteiger partial charge in [0.05, 0.1) is 4.92 Å². The third-order valence-electron chi connectivity index (χ3n) is 1.72. The number of nitrogen functional groups attached to an aromatic ring is 1. The normalized spacial score (nSPS) is 11.5. The van der Waals surface area contributed by atoms with Crippen LogP contribution in [0.15, 0.2) is 0 Å². The van der Waals surface area contributed by atoms with Gasteiger partial charge in [-0.05, 0) is 0 Å². The van der Waals surface area contributed by atoms with Crippen molar-refractivity contribution in [2.75, 3.05) is 5.73 Å². The summed E-state index contributed by atoms with van der Waals surface area (Å²) in [4.78, 5) is 17.6. The molecule has 0 aromatic carbocycles. The monoisotopic (exact) mass is 230 g/mol. The number of anilines is 1. The highest BCUT2D eigenvalue weighted by molar-refractivity contribution is 6.31.